The van der Waals surface area contributed by atoms with Crippen molar-refractivity contribution in [1.82, 2.24) is 0 Å². The maximum atomic E-state index is 12.0. The van der Waals surface area contributed by atoms with Crippen molar-refractivity contribution in [3.63, 3.8) is 0 Å². The molecule has 0 aromatic carbocycles. The summed E-state index contributed by atoms with van der Waals surface area (Å²) in [6.45, 7) is 7.83. The van der Waals surface area contributed by atoms with Gasteiger partial charge in [0.05, 0.1) is 18.1 Å². The third-order valence-corrected chi connectivity index (χ3v) is 10.3. The van der Waals surface area contributed by atoms with Crippen LogP contribution < -0.4 is 0 Å². The molecule has 0 aromatic heterocycles. The van der Waals surface area contributed by atoms with E-state index in [2.05, 4.69) is 13.8 Å². The van der Waals surface area contributed by atoms with Crippen LogP contribution in [0.5, 0.6) is 0 Å². The SMILES string of the molecule is CCOC[C@@]1(O)CC[C@@]2(CC)[C@H](CC[C@H]3[C@@H]4CCC[C@H](C(=O)O)[C@@]4(C)CC[C@@H]32)C1. The molecule has 0 heterocycles. The van der Waals surface area contributed by atoms with Crippen LogP contribution in [0.2, 0.25) is 0 Å². The fourth-order valence-electron chi connectivity index (χ4n) is 8.86. The normalized spacial score (nSPS) is 49.6. The highest BCUT2D eigenvalue weighted by atomic mass is 16.5. The summed E-state index contributed by atoms with van der Waals surface area (Å²) in [5.74, 6) is 1.85. The second-order valence-corrected chi connectivity index (χ2v) is 11.2. The van der Waals surface area contributed by atoms with Crippen molar-refractivity contribution in [2.75, 3.05) is 13.2 Å². The number of carboxylic acids is 1. The van der Waals surface area contributed by atoms with E-state index in [-0.39, 0.29) is 11.3 Å². The Morgan fingerprint density at radius 1 is 1.03 bits per heavy atom. The molecule has 4 aliphatic carbocycles. The predicted molar refractivity (Wildman–Crippen MR) is 114 cm³/mol. The van der Waals surface area contributed by atoms with E-state index in [0.29, 0.717) is 42.3 Å². The molecule has 2 N–H and O–H groups in total. The van der Waals surface area contributed by atoms with Gasteiger partial charge in [-0.3, -0.25) is 4.79 Å². The van der Waals surface area contributed by atoms with Crippen LogP contribution in [0.3, 0.4) is 0 Å². The van der Waals surface area contributed by atoms with Crippen LogP contribution in [0.4, 0.5) is 0 Å². The van der Waals surface area contributed by atoms with Crippen LogP contribution in [-0.2, 0) is 9.53 Å². The second kappa shape index (κ2) is 7.82. The van der Waals surface area contributed by atoms with Gasteiger partial charge in [0.15, 0.2) is 0 Å². The maximum absolute atomic E-state index is 12.0. The summed E-state index contributed by atoms with van der Waals surface area (Å²) in [6, 6.07) is 0. The van der Waals surface area contributed by atoms with Crippen LogP contribution in [0.1, 0.15) is 91.4 Å². The summed E-state index contributed by atoms with van der Waals surface area (Å²) in [5.41, 5.74) is -0.315. The molecule has 0 spiro atoms. The molecule has 0 bridgehead atoms. The number of hydrogen-bond acceptors (Lipinski definition) is 3. The molecule has 4 rings (SSSR count). The standard InChI is InChI=1S/C25H42O4/c1-4-25-14-13-24(28,16-29-5-2)15-17(25)9-10-18-19-7-6-8-21(22(26)27)23(19,3)12-11-20(18)25/h17-21,28H,4-16H2,1-3H3,(H,26,27)/t17-,18+,19+,20+,21-,23+,24-,25+/m1/s1. The number of carboxylic acid groups (broad SMARTS) is 1. The monoisotopic (exact) mass is 406 g/mol. The smallest absolute Gasteiger partial charge is 0.307 e. The second-order valence-electron chi connectivity index (χ2n) is 11.2. The van der Waals surface area contributed by atoms with Crippen molar-refractivity contribution in [3.05, 3.63) is 0 Å². The Hall–Kier alpha value is -0.610. The molecule has 0 saturated heterocycles. The van der Waals surface area contributed by atoms with Crippen molar-refractivity contribution in [2.24, 2.45) is 40.4 Å². The summed E-state index contributed by atoms with van der Waals surface area (Å²) in [4.78, 5) is 12.0. The minimum atomic E-state index is -0.644. The molecule has 29 heavy (non-hydrogen) atoms. The average Bonchev–Trinajstić information content (AvgIpc) is 2.70. The van der Waals surface area contributed by atoms with Gasteiger partial charge in [0.1, 0.15) is 0 Å². The first-order chi connectivity index (χ1) is 13.8. The highest BCUT2D eigenvalue weighted by Crippen LogP contribution is 2.68. The lowest BCUT2D eigenvalue weighted by molar-refractivity contribution is -0.190. The largest absolute Gasteiger partial charge is 0.481 e. The average molecular weight is 407 g/mol. The Bertz CT molecular complexity index is 620. The zero-order chi connectivity index (χ0) is 20.9. The van der Waals surface area contributed by atoms with Crippen LogP contribution >= 0.6 is 0 Å². The van der Waals surface area contributed by atoms with Crippen LogP contribution in [-0.4, -0.2) is 35.0 Å². The maximum Gasteiger partial charge on any atom is 0.307 e. The van der Waals surface area contributed by atoms with Crippen molar-refractivity contribution in [3.8, 4) is 0 Å². The molecule has 0 radical (unpaired) electrons. The first kappa shape index (κ1) is 21.6. The van der Waals surface area contributed by atoms with E-state index in [4.69, 9.17) is 4.74 Å². The number of ether oxygens (including phenoxy) is 1. The molecule has 4 saturated carbocycles. The summed E-state index contributed by atoms with van der Waals surface area (Å²) < 4.78 is 5.64. The van der Waals surface area contributed by atoms with Gasteiger partial charge in [-0.05, 0) is 106 Å². The zero-order valence-corrected chi connectivity index (χ0v) is 18.8. The molecule has 8 atom stereocenters. The van der Waals surface area contributed by atoms with Gasteiger partial charge in [-0.1, -0.05) is 20.3 Å². The van der Waals surface area contributed by atoms with Gasteiger partial charge in [-0.2, -0.15) is 0 Å². The molecule has 4 aliphatic rings. The van der Waals surface area contributed by atoms with Crippen molar-refractivity contribution in [2.45, 2.75) is 97.0 Å². The third-order valence-electron chi connectivity index (χ3n) is 10.3. The van der Waals surface area contributed by atoms with Gasteiger partial charge >= 0.3 is 5.97 Å². The number of aliphatic hydroxyl groups is 1. The first-order valence-corrected chi connectivity index (χ1v) is 12.3. The number of fused-ring (bicyclic) bond motifs is 5. The van der Waals surface area contributed by atoms with Crippen molar-refractivity contribution in [1.29, 1.82) is 0 Å². The number of hydrogen-bond donors (Lipinski definition) is 2. The summed E-state index contributed by atoms with van der Waals surface area (Å²) >= 11 is 0. The topological polar surface area (TPSA) is 66.8 Å². The van der Waals surface area contributed by atoms with E-state index in [1.807, 2.05) is 6.92 Å². The fourth-order valence-corrected chi connectivity index (χ4v) is 8.86. The van der Waals surface area contributed by atoms with E-state index in [0.717, 1.165) is 38.5 Å². The highest BCUT2D eigenvalue weighted by molar-refractivity contribution is 5.71. The Morgan fingerprint density at radius 3 is 2.52 bits per heavy atom. The Kier molecular flexibility index (Phi) is 5.83. The molecular weight excluding hydrogens is 364 g/mol. The van der Waals surface area contributed by atoms with Gasteiger partial charge in [-0.15, -0.1) is 0 Å². The van der Waals surface area contributed by atoms with Gasteiger partial charge < -0.3 is 14.9 Å². The van der Waals surface area contributed by atoms with E-state index in [1.54, 1.807) is 0 Å². The third kappa shape index (κ3) is 3.37. The highest BCUT2D eigenvalue weighted by Gasteiger charge is 2.62. The molecule has 0 aliphatic heterocycles. The van der Waals surface area contributed by atoms with Crippen LogP contribution in [0.15, 0.2) is 0 Å². The predicted octanol–water partition coefficient (Wildman–Crippen LogP) is 5.28. The summed E-state index contributed by atoms with van der Waals surface area (Å²) in [6.07, 6.45) is 11.9. The quantitative estimate of drug-likeness (QED) is 0.652. The van der Waals surface area contributed by atoms with Crippen LogP contribution in [0, 0.1) is 40.4 Å². The molecule has 4 nitrogen and oxygen atoms in total. The van der Waals surface area contributed by atoms with E-state index >= 15 is 0 Å². The fraction of sp³-hybridized carbons (Fsp3) is 0.960. The first-order valence-electron chi connectivity index (χ1n) is 12.3. The lowest BCUT2D eigenvalue weighted by atomic mass is 9.40. The van der Waals surface area contributed by atoms with E-state index < -0.39 is 11.6 Å². The molecule has 166 valence electrons. The zero-order valence-electron chi connectivity index (χ0n) is 18.8. The Labute approximate surface area is 176 Å². The minimum absolute atomic E-state index is 0.0165. The van der Waals surface area contributed by atoms with Gasteiger partial charge in [0.25, 0.3) is 0 Å². The van der Waals surface area contributed by atoms with Gasteiger partial charge in [-0.25, -0.2) is 0 Å². The lowest BCUT2D eigenvalue weighted by Crippen LogP contribution is -2.59. The molecule has 0 amide bonds. The molecular formula is C25H42O4. The van der Waals surface area contributed by atoms with Gasteiger partial charge in [0.2, 0.25) is 0 Å². The lowest BCUT2D eigenvalue weighted by Gasteiger charge is -2.65. The number of rotatable bonds is 5. The molecule has 4 heteroatoms. The van der Waals surface area contributed by atoms with Crippen molar-refractivity contribution < 1.29 is 19.7 Å². The molecule has 4 fully saturated rings. The van der Waals surface area contributed by atoms with Crippen molar-refractivity contribution >= 4 is 5.97 Å². The molecule has 0 unspecified atom stereocenters. The Morgan fingerprint density at radius 2 is 1.83 bits per heavy atom. The van der Waals surface area contributed by atoms with E-state index in [9.17, 15) is 15.0 Å². The number of aliphatic carboxylic acids is 1. The summed E-state index contributed by atoms with van der Waals surface area (Å²) in [5, 5.41) is 21.1. The Balaban J connectivity index is 1.58. The summed E-state index contributed by atoms with van der Waals surface area (Å²) in [7, 11) is 0. The van der Waals surface area contributed by atoms with Gasteiger partial charge in [0, 0.05) is 6.61 Å². The van der Waals surface area contributed by atoms with Crippen LogP contribution in [0.25, 0.3) is 0 Å². The minimum Gasteiger partial charge on any atom is -0.481 e. The molecule has 0 aromatic rings. The van der Waals surface area contributed by atoms with E-state index in [1.165, 1.54) is 32.1 Å². The number of carbonyl (C=O) groups is 1.